The molecule has 0 saturated carbocycles. The van der Waals surface area contributed by atoms with Crippen molar-refractivity contribution in [3.8, 4) is 11.4 Å². The highest BCUT2D eigenvalue weighted by atomic mass is 32.2. The van der Waals surface area contributed by atoms with Crippen LogP contribution in [0.1, 0.15) is 18.6 Å². The number of thioether (sulfide) groups is 1. The van der Waals surface area contributed by atoms with Crippen LogP contribution in [0, 0.1) is 0 Å². The van der Waals surface area contributed by atoms with Crippen molar-refractivity contribution in [1.29, 1.82) is 0 Å². The van der Waals surface area contributed by atoms with E-state index in [0.29, 0.717) is 12.3 Å². The smallest absolute Gasteiger partial charge is 0.233 e. The number of furan rings is 1. The Kier molecular flexibility index (Phi) is 5.06. The largest absolute Gasteiger partial charge is 0.467 e. The van der Waals surface area contributed by atoms with Crippen LogP contribution in [-0.4, -0.2) is 44.4 Å². The Morgan fingerprint density at radius 2 is 1.88 bits per heavy atom. The van der Waals surface area contributed by atoms with Gasteiger partial charge >= 0.3 is 0 Å². The number of amides is 1. The first-order chi connectivity index (χ1) is 12.8. The summed E-state index contributed by atoms with van der Waals surface area (Å²) in [6, 6.07) is 13.7. The van der Waals surface area contributed by atoms with E-state index in [-0.39, 0.29) is 5.91 Å². The van der Waals surface area contributed by atoms with Crippen molar-refractivity contribution < 1.29 is 9.21 Å². The number of carbonyl (C=O) groups excluding carboxylic acids is 1. The molecule has 0 unspecified atom stereocenters. The Morgan fingerprint density at radius 3 is 2.62 bits per heavy atom. The van der Waals surface area contributed by atoms with Crippen molar-refractivity contribution in [3.63, 3.8) is 0 Å². The van der Waals surface area contributed by atoms with Crippen molar-refractivity contribution in [1.82, 2.24) is 19.7 Å². The van der Waals surface area contributed by atoms with Gasteiger partial charge in [-0.1, -0.05) is 42.1 Å². The molecular weight excluding hydrogens is 348 g/mol. The normalized spacial score (nSPS) is 14.1. The van der Waals surface area contributed by atoms with Gasteiger partial charge in [-0.3, -0.25) is 9.36 Å². The first-order valence-corrected chi connectivity index (χ1v) is 9.71. The second kappa shape index (κ2) is 7.78. The van der Waals surface area contributed by atoms with Gasteiger partial charge in [0, 0.05) is 18.7 Å². The molecule has 0 radical (unpaired) electrons. The summed E-state index contributed by atoms with van der Waals surface area (Å²) in [6.45, 7) is 2.27. The third kappa shape index (κ3) is 3.67. The van der Waals surface area contributed by atoms with E-state index in [9.17, 15) is 4.79 Å². The molecule has 7 heteroatoms. The van der Waals surface area contributed by atoms with E-state index < -0.39 is 0 Å². The van der Waals surface area contributed by atoms with Crippen LogP contribution in [0.25, 0.3) is 11.4 Å². The maximum Gasteiger partial charge on any atom is 0.233 e. The summed E-state index contributed by atoms with van der Waals surface area (Å²) in [5.41, 5.74) is 0.990. The Balaban J connectivity index is 1.57. The molecule has 0 aliphatic carbocycles. The van der Waals surface area contributed by atoms with Crippen molar-refractivity contribution in [2.24, 2.45) is 0 Å². The summed E-state index contributed by atoms with van der Waals surface area (Å²) in [6.07, 6.45) is 3.86. The van der Waals surface area contributed by atoms with Crippen molar-refractivity contribution in [2.45, 2.75) is 24.5 Å². The number of nitrogens with zero attached hydrogens (tertiary/aromatic N) is 4. The summed E-state index contributed by atoms with van der Waals surface area (Å²) in [5, 5.41) is 9.43. The fourth-order valence-electron chi connectivity index (χ4n) is 3.08. The Hall–Kier alpha value is -2.54. The van der Waals surface area contributed by atoms with E-state index in [2.05, 4.69) is 10.2 Å². The zero-order chi connectivity index (χ0) is 17.8. The van der Waals surface area contributed by atoms with Gasteiger partial charge in [0.1, 0.15) is 5.76 Å². The molecule has 1 aliphatic rings. The number of aromatic nitrogens is 3. The lowest BCUT2D eigenvalue weighted by molar-refractivity contribution is -0.127. The molecule has 1 fully saturated rings. The van der Waals surface area contributed by atoms with Crippen LogP contribution in [0.15, 0.2) is 58.3 Å². The van der Waals surface area contributed by atoms with Crippen molar-refractivity contribution in [3.05, 3.63) is 54.5 Å². The molecule has 3 aromatic rings. The van der Waals surface area contributed by atoms with E-state index in [1.165, 1.54) is 11.8 Å². The van der Waals surface area contributed by atoms with E-state index in [4.69, 9.17) is 4.42 Å². The minimum absolute atomic E-state index is 0.168. The van der Waals surface area contributed by atoms with E-state index in [1.54, 1.807) is 6.26 Å². The second-order valence-corrected chi connectivity index (χ2v) is 7.16. The highest BCUT2D eigenvalue weighted by Gasteiger charge is 2.21. The van der Waals surface area contributed by atoms with Crippen LogP contribution in [0.2, 0.25) is 0 Å². The minimum Gasteiger partial charge on any atom is -0.467 e. The van der Waals surface area contributed by atoms with Crippen molar-refractivity contribution in [2.75, 3.05) is 18.8 Å². The van der Waals surface area contributed by atoms with Gasteiger partial charge in [-0.25, -0.2) is 0 Å². The number of hydrogen-bond acceptors (Lipinski definition) is 5. The molecule has 3 heterocycles. The summed E-state index contributed by atoms with van der Waals surface area (Å²) in [4.78, 5) is 14.3. The zero-order valence-electron chi connectivity index (χ0n) is 14.4. The lowest BCUT2D eigenvalue weighted by Crippen LogP contribution is -2.29. The fourth-order valence-corrected chi connectivity index (χ4v) is 3.92. The first kappa shape index (κ1) is 16.9. The molecule has 2 aromatic heterocycles. The third-order valence-electron chi connectivity index (χ3n) is 4.43. The van der Waals surface area contributed by atoms with Crippen LogP contribution in [0.5, 0.6) is 0 Å². The first-order valence-electron chi connectivity index (χ1n) is 8.73. The van der Waals surface area contributed by atoms with Crippen LogP contribution in [0.3, 0.4) is 0 Å². The average Bonchev–Trinajstić information content (AvgIpc) is 3.43. The maximum absolute atomic E-state index is 12.4. The molecule has 1 aliphatic heterocycles. The van der Waals surface area contributed by atoms with Crippen LogP contribution >= 0.6 is 11.8 Å². The summed E-state index contributed by atoms with van der Waals surface area (Å²) >= 11 is 1.44. The van der Waals surface area contributed by atoms with Crippen molar-refractivity contribution >= 4 is 17.7 Å². The third-order valence-corrected chi connectivity index (χ3v) is 5.38. The van der Waals surface area contributed by atoms with Gasteiger partial charge in [0.2, 0.25) is 5.91 Å². The molecule has 6 nitrogen and oxygen atoms in total. The molecule has 0 N–H and O–H groups in total. The molecule has 4 rings (SSSR count). The minimum atomic E-state index is 0.168. The van der Waals surface area contributed by atoms with Gasteiger partial charge in [-0.2, -0.15) is 0 Å². The molecule has 1 amide bonds. The number of carbonyl (C=O) groups is 1. The monoisotopic (exact) mass is 368 g/mol. The highest BCUT2D eigenvalue weighted by Crippen LogP contribution is 2.25. The van der Waals surface area contributed by atoms with E-state index in [1.807, 2.05) is 51.9 Å². The van der Waals surface area contributed by atoms with E-state index in [0.717, 1.165) is 48.2 Å². The van der Waals surface area contributed by atoms with Crippen LogP contribution in [-0.2, 0) is 11.3 Å². The van der Waals surface area contributed by atoms with E-state index >= 15 is 0 Å². The molecule has 0 spiro atoms. The molecule has 1 saturated heterocycles. The standard InChI is InChI=1S/C19H20N4O2S/c24-17(22-10-4-5-11-22)14-26-19-21-20-18(15-7-2-1-3-8-15)23(19)13-16-9-6-12-25-16/h1-3,6-9,12H,4-5,10-11,13-14H2. The number of hydrogen-bond donors (Lipinski definition) is 0. The zero-order valence-corrected chi connectivity index (χ0v) is 15.2. The Morgan fingerprint density at radius 1 is 1.08 bits per heavy atom. The number of rotatable bonds is 6. The molecule has 134 valence electrons. The molecule has 0 bridgehead atoms. The molecule has 1 aromatic carbocycles. The van der Waals surface area contributed by atoms with Gasteiger partial charge in [-0.15, -0.1) is 10.2 Å². The fraction of sp³-hybridized carbons (Fsp3) is 0.316. The van der Waals surface area contributed by atoms with Gasteiger partial charge in [0.05, 0.1) is 18.6 Å². The van der Waals surface area contributed by atoms with Gasteiger partial charge in [0.15, 0.2) is 11.0 Å². The van der Waals surface area contributed by atoms with Gasteiger partial charge < -0.3 is 9.32 Å². The SMILES string of the molecule is O=C(CSc1nnc(-c2ccccc2)n1Cc1ccco1)N1CCCC1. The Labute approximate surface area is 156 Å². The van der Waals surface area contributed by atoms with Gasteiger partial charge in [0.25, 0.3) is 0 Å². The number of benzene rings is 1. The second-order valence-electron chi connectivity index (χ2n) is 6.21. The van der Waals surface area contributed by atoms with Crippen LogP contribution in [0.4, 0.5) is 0 Å². The predicted octanol–water partition coefficient (Wildman–Crippen LogP) is 3.30. The maximum atomic E-state index is 12.4. The van der Waals surface area contributed by atoms with Gasteiger partial charge in [-0.05, 0) is 25.0 Å². The summed E-state index contributed by atoms with van der Waals surface area (Å²) < 4.78 is 7.51. The molecular formula is C19H20N4O2S. The summed E-state index contributed by atoms with van der Waals surface area (Å²) in [5.74, 6) is 2.15. The molecule has 0 atom stereocenters. The summed E-state index contributed by atoms with van der Waals surface area (Å²) in [7, 11) is 0. The van der Waals surface area contributed by atoms with Crippen LogP contribution < -0.4 is 0 Å². The number of likely N-dealkylation sites (tertiary alicyclic amines) is 1. The quantitative estimate of drug-likeness (QED) is 0.625. The average molecular weight is 368 g/mol. The topological polar surface area (TPSA) is 64.2 Å². The lowest BCUT2D eigenvalue weighted by Gasteiger charge is -2.14. The Bertz CT molecular complexity index is 855. The lowest BCUT2D eigenvalue weighted by atomic mass is 10.2. The molecule has 26 heavy (non-hydrogen) atoms. The predicted molar refractivity (Wildman–Crippen MR) is 99.8 cm³/mol. The highest BCUT2D eigenvalue weighted by molar-refractivity contribution is 7.99.